The predicted molar refractivity (Wildman–Crippen MR) is 212 cm³/mol. The average Bonchev–Trinajstić information content (AvgIpc) is 3.55. The Labute approximate surface area is 323 Å². The maximum Gasteiger partial charge on any atom is 0.415 e. The van der Waals surface area contributed by atoms with E-state index in [0.717, 1.165) is 44.6 Å². The van der Waals surface area contributed by atoms with Crippen LogP contribution >= 0.6 is 0 Å². The van der Waals surface area contributed by atoms with Gasteiger partial charge in [0.2, 0.25) is 0 Å². The molecule has 294 valence electrons. The Morgan fingerprint density at radius 1 is 1.00 bits per heavy atom. The Hall–Kier alpha value is -5.36. The lowest BCUT2D eigenvalue weighted by molar-refractivity contribution is 0.0556. The first-order valence-corrected chi connectivity index (χ1v) is 18.7. The minimum atomic E-state index is -0.740. The van der Waals surface area contributed by atoms with E-state index in [2.05, 4.69) is 28.1 Å². The number of rotatable bonds is 13. The van der Waals surface area contributed by atoms with Gasteiger partial charge in [0.25, 0.3) is 11.8 Å². The SMILES string of the molecule is COc1cc(C(=O)N(C)c2ccc(C)cc2OCCCCC(=C=O)N2CCN(C)CC2)ccc1NC(=O)c1cccc2c1CC(CO)N2C(=O)OC(C)(C)C. The van der Waals surface area contributed by atoms with Crippen LogP contribution in [-0.2, 0) is 16.0 Å². The molecule has 13 nitrogen and oxygen atoms in total. The highest BCUT2D eigenvalue weighted by atomic mass is 16.6. The van der Waals surface area contributed by atoms with Gasteiger partial charge < -0.3 is 39.3 Å². The number of hydrogen-bond donors (Lipinski definition) is 2. The molecule has 13 heteroatoms. The summed E-state index contributed by atoms with van der Waals surface area (Å²) < 4.78 is 17.4. The van der Waals surface area contributed by atoms with Gasteiger partial charge in [0.05, 0.1) is 49.1 Å². The van der Waals surface area contributed by atoms with Crippen LogP contribution in [0.5, 0.6) is 11.5 Å². The third-order valence-electron chi connectivity index (χ3n) is 9.81. The van der Waals surface area contributed by atoms with Gasteiger partial charge in [-0.25, -0.2) is 9.59 Å². The van der Waals surface area contributed by atoms with Gasteiger partial charge in [-0.05, 0) is 114 Å². The van der Waals surface area contributed by atoms with Crippen LogP contribution in [0, 0.1) is 6.92 Å². The van der Waals surface area contributed by atoms with Crippen LogP contribution in [0.25, 0.3) is 0 Å². The van der Waals surface area contributed by atoms with E-state index >= 15 is 0 Å². The summed E-state index contributed by atoms with van der Waals surface area (Å²) in [5, 5.41) is 13.0. The third-order valence-corrected chi connectivity index (χ3v) is 9.81. The number of unbranched alkanes of at least 4 members (excludes halogenated alkanes) is 1. The monoisotopic (exact) mass is 755 g/mol. The molecule has 0 aliphatic carbocycles. The van der Waals surface area contributed by atoms with Gasteiger partial charge in [0.15, 0.2) is 0 Å². The van der Waals surface area contributed by atoms with Crippen molar-refractivity contribution in [1.82, 2.24) is 9.80 Å². The topological polar surface area (TPSA) is 141 Å². The fraction of sp³-hybridized carbons (Fsp3) is 0.452. The molecule has 55 heavy (non-hydrogen) atoms. The van der Waals surface area contributed by atoms with Gasteiger partial charge in [0, 0.05) is 44.4 Å². The lowest BCUT2D eigenvalue weighted by atomic mass is 10.0. The van der Waals surface area contributed by atoms with Crippen LogP contribution in [-0.4, -0.2) is 111 Å². The molecule has 2 heterocycles. The third kappa shape index (κ3) is 9.85. The number of ether oxygens (including phenoxy) is 3. The van der Waals surface area contributed by atoms with Crippen LogP contribution in [0.15, 0.2) is 60.3 Å². The average molecular weight is 756 g/mol. The van der Waals surface area contributed by atoms with Crippen molar-refractivity contribution in [3.8, 4) is 11.5 Å². The van der Waals surface area contributed by atoms with Crippen molar-refractivity contribution >= 4 is 40.9 Å². The van der Waals surface area contributed by atoms with Crippen LogP contribution in [0.2, 0.25) is 0 Å². The highest BCUT2D eigenvalue weighted by Gasteiger charge is 2.38. The number of aryl methyl sites for hydroxylation is 1. The number of benzene rings is 3. The highest BCUT2D eigenvalue weighted by Crippen LogP contribution is 2.37. The Kier molecular flexibility index (Phi) is 13.2. The largest absolute Gasteiger partial charge is 0.495 e. The lowest BCUT2D eigenvalue weighted by Gasteiger charge is -2.34. The molecule has 1 fully saturated rings. The second kappa shape index (κ2) is 17.9. The molecule has 2 aliphatic heterocycles. The van der Waals surface area contributed by atoms with Crippen molar-refractivity contribution in [2.24, 2.45) is 0 Å². The number of methoxy groups -OCH3 is 1. The number of fused-ring (bicyclic) bond motifs is 1. The number of nitrogens with zero attached hydrogens (tertiary/aromatic N) is 4. The van der Waals surface area contributed by atoms with Gasteiger partial charge in [0.1, 0.15) is 23.0 Å². The van der Waals surface area contributed by atoms with Crippen molar-refractivity contribution in [1.29, 1.82) is 0 Å². The minimum Gasteiger partial charge on any atom is -0.495 e. The molecule has 0 radical (unpaired) electrons. The molecule has 1 atom stereocenters. The Bertz CT molecular complexity index is 1930. The molecule has 0 aromatic heterocycles. The molecule has 0 saturated carbocycles. The number of aliphatic hydroxyl groups excluding tert-OH is 1. The van der Waals surface area contributed by atoms with Gasteiger partial charge in [-0.3, -0.25) is 14.5 Å². The lowest BCUT2D eigenvalue weighted by Crippen LogP contribution is -2.44. The molecular formula is C42H53N5O8. The molecule has 5 rings (SSSR count). The van der Waals surface area contributed by atoms with Crippen LogP contribution in [0.3, 0.4) is 0 Å². The fourth-order valence-electron chi connectivity index (χ4n) is 6.82. The molecule has 2 aliphatic rings. The minimum absolute atomic E-state index is 0.269. The van der Waals surface area contributed by atoms with E-state index in [1.807, 2.05) is 25.1 Å². The van der Waals surface area contributed by atoms with Crippen molar-refractivity contribution < 1.29 is 38.5 Å². The summed E-state index contributed by atoms with van der Waals surface area (Å²) >= 11 is 0. The predicted octanol–water partition coefficient (Wildman–Crippen LogP) is 5.70. The van der Waals surface area contributed by atoms with E-state index in [0.29, 0.717) is 58.2 Å². The van der Waals surface area contributed by atoms with E-state index in [-0.39, 0.29) is 24.7 Å². The molecule has 1 unspecified atom stereocenters. The molecule has 3 aromatic rings. The zero-order valence-electron chi connectivity index (χ0n) is 32.9. The fourth-order valence-corrected chi connectivity index (χ4v) is 6.82. The first kappa shape index (κ1) is 40.8. The number of anilines is 3. The number of likely N-dealkylation sites (N-methyl/N-ethyl adjacent to an activating group) is 1. The van der Waals surface area contributed by atoms with Crippen LogP contribution in [0.1, 0.15) is 71.9 Å². The molecular weight excluding hydrogens is 702 g/mol. The van der Waals surface area contributed by atoms with Crippen molar-refractivity contribution in [2.45, 2.75) is 65.0 Å². The number of nitrogens with one attached hydrogen (secondary N) is 1. The summed E-state index contributed by atoms with van der Waals surface area (Å²) in [6.45, 7) is 10.9. The Balaban J connectivity index is 1.25. The highest BCUT2D eigenvalue weighted by molar-refractivity contribution is 6.10. The normalized spacial score (nSPS) is 15.5. The quantitative estimate of drug-likeness (QED) is 0.165. The van der Waals surface area contributed by atoms with Crippen molar-refractivity contribution in [2.75, 3.05) is 75.7 Å². The first-order chi connectivity index (χ1) is 26.2. The van der Waals surface area contributed by atoms with E-state index in [4.69, 9.17) is 14.2 Å². The van der Waals surface area contributed by atoms with E-state index in [1.54, 1.807) is 64.2 Å². The van der Waals surface area contributed by atoms with Gasteiger partial charge in [-0.2, -0.15) is 0 Å². The zero-order valence-corrected chi connectivity index (χ0v) is 32.9. The van der Waals surface area contributed by atoms with Crippen molar-refractivity contribution in [3.63, 3.8) is 0 Å². The number of allylic oxidation sites excluding steroid dienone is 1. The first-order valence-electron chi connectivity index (χ1n) is 18.7. The molecule has 0 spiro atoms. The standard InChI is InChI=1S/C42H53N5O8/c1-28-14-17-36(38(23-28)54-22-9-8-11-30(26-48)46-20-18-44(5)19-21-46)45(6)40(51)29-15-16-34(37(24-29)53-7)43-39(50)32-12-10-13-35-33(32)25-31(27-49)47(35)41(52)55-42(2,3)4/h10,12-17,23-24,31,49H,8-9,11,18-22,25,27H2,1-7H3,(H,43,50). The second-order valence-corrected chi connectivity index (χ2v) is 15.0. The number of carbonyl (C=O) groups is 3. The summed E-state index contributed by atoms with van der Waals surface area (Å²) in [7, 11) is 5.21. The summed E-state index contributed by atoms with van der Waals surface area (Å²) in [5.41, 5.74) is 3.69. The Morgan fingerprint density at radius 3 is 2.42 bits per heavy atom. The molecule has 2 N–H and O–H groups in total. The molecule has 1 saturated heterocycles. The number of carbonyl (C=O) groups excluding carboxylic acids is 4. The number of aliphatic hydroxyl groups is 1. The maximum atomic E-state index is 13.8. The summed E-state index contributed by atoms with van der Waals surface area (Å²) in [5.74, 6) is 2.25. The summed E-state index contributed by atoms with van der Waals surface area (Å²) in [6, 6.07) is 14.9. The smallest absolute Gasteiger partial charge is 0.415 e. The second-order valence-electron chi connectivity index (χ2n) is 15.0. The summed E-state index contributed by atoms with van der Waals surface area (Å²) in [4.78, 5) is 59.6. The van der Waals surface area contributed by atoms with Crippen LogP contribution in [0.4, 0.5) is 21.9 Å². The van der Waals surface area contributed by atoms with E-state index in [1.165, 1.54) is 16.9 Å². The Morgan fingerprint density at radius 2 is 1.75 bits per heavy atom. The zero-order chi connectivity index (χ0) is 39.9. The number of amides is 3. The van der Waals surface area contributed by atoms with Gasteiger partial charge >= 0.3 is 6.09 Å². The molecule has 3 aromatic carbocycles. The maximum absolute atomic E-state index is 13.8. The van der Waals surface area contributed by atoms with E-state index in [9.17, 15) is 24.3 Å². The summed E-state index contributed by atoms with van der Waals surface area (Å²) in [6.07, 6.45) is 1.81. The molecule has 0 bridgehead atoms. The van der Waals surface area contributed by atoms with E-state index < -0.39 is 23.6 Å². The van der Waals surface area contributed by atoms with Crippen molar-refractivity contribution in [3.05, 3.63) is 82.5 Å². The van der Waals surface area contributed by atoms with Crippen LogP contribution < -0.4 is 24.6 Å². The van der Waals surface area contributed by atoms with Gasteiger partial charge in [-0.15, -0.1) is 0 Å². The number of hydrogen-bond acceptors (Lipinski definition) is 10. The van der Waals surface area contributed by atoms with Gasteiger partial charge in [-0.1, -0.05) is 12.1 Å². The number of piperazine rings is 1. The molecule has 3 amide bonds.